The summed E-state index contributed by atoms with van der Waals surface area (Å²) in [6, 6.07) is 0. The average molecular weight is 338 g/mol. The molecule has 2 saturated heterocycles. The number of ether oxygens (including phenoxy) is 3. The molecular weight excluding hydrogens is 311 g/mol. The molecule has 7 nitrogen and oxygen atoms in total. The van der Waals surface area contributed by atoms with E-state index in [4.69, 9.17) is 24.0 Å². The van der Waals surface area contributed by atoms with E-state index in [1.54, 1.807) is 0 Å². The number of hydrogen-bond acceptors (Lipinski definition) is 5. The molecule has 0 aromatic carbocycles. The number of phosphoric ester groups is 1. The summed E-state index contributed by atoms with van der Waals surface area (Å²) in [4.78, 5) is 17.4. The van der Waals surface area contributed by atoms with Gasteiger partial charge in [0.1, 0.15) is 0 Å². The molecule has 0 bridgehead atoms. The molecule has 2 N–H and O–H groups in total. The van der Waals surface area contributed by atoms with E-state index in [0.29, 0.717) is 25.2 Å². The maximum atomic E-state index is 10.7. The van der Waals surface area contributed by atoms with Crippen molar-refractivity contribution >= 4 is 7.82 Å². The molecule has 0 aliphatic carbocycles. The molecule has 0 spiro atoms. The Labute approximate surface area is 131 Å². The summed E-state index contributed by atoms with van der Waals surface area (Å²) < 4.78 is 32.3. The minimum absolute atomic E-state index is 0.0525. The van der Waals surface area contributed by atoms with Crippen LogP contribution in [-0.2, 0) is 23.3 Å². The Hall–Kier alpha value is -0.0100. The summed E-state index contributed by atoms with van der Waals surface area (Å²) >= 11 is 0. The molecular formula is C14H27O7P. The first-order valence-electron chi connectivity index (χ1n) is 7.92. The second kappa shape index (κ2) is 8.20. The third-order valence-corrected chi connectivity index (χ3v) is 4.81. The van der Waals surface area contributed by atoms with Crippen LogP contribution in [0.3, 0.4) is 0 Å². The lowest BCUT2D eigenvalue weighted by atomic mass is 9.97. The molecule has 5 atom stereocenters. The van der Waals surface area contributed by atoms with E-state index in [-0.39, 0.29) is 24.9 Å². The molecule has 4 unspecified atom stereocenters. The van der Waals surface area contributed by atoms with Gasteiger partial charge in [0.15, 0.2) is 0 Å². The summed E-state index contributed by atoms with van der Waals surface area (Å²) in [6.07, 6.45) is 4.12. The van der Waals surface area contributed by atoms with Gasteiger partial charge in [0, 0.05) is 6.61 Å². The molecule has 0 saturated carbocycles. The van der Waals surface area contributed by atoms with Gasteiger partial charge in [-0.2, -0.15) is 0 Å². The van der Waals surface area contributed by atoms with E-state index in [1.165, 1.54) is 0 Å². The normalized spacial score (nSPS) is 36.1. The van der Waals surface area contributed by atoms with Gasteiger partial charge in [-0.15, -0.1) is 0 Å². The fourth-order valence-corrected chi connectivity index (χ4v) is 3.46. The molecule has 2 aliphatic heterocycles. The van der Waals surface area contributed by atoms with Crippen LogP contribution in [0, 0.1) is 5.92 Å². The van der Waals surface area contributed by atoms with Gasteiger partial charge in [-0.25, -0.2) is 4.57 Å². The molecule has 0 aromatic heterocycles. The van der Waals surface area contributed by atoms with Gasteiger partial charge in [-0.3, -0.25) is 4.52 Å². The van der Waals surface area contributed by atoms with Crippen molar-refractivity contribution in [2.45, 2.75) is 63.9 Å². The predicted octanol–water partition coefficient (Wildman–Crippen LogP) is 1.86. The number of rotatable bonds is 8. The zero-order chi connectivity index (χ0) is 16.2. The number of phosphoric acid groups is 1. The standard InChI is InChI=1S/C14H27O7P/c1-10-3-4-13(20-10)8-18-6-5-12-7-14(21-11(12)2)9-19-22(15,16)17/h10-14H,3-9H2,1-2H3,(H2,15,16,17)/t10?,11?,12-,13?,14?/m1/s1. The summed E-state index contributed by atoms with van der Waals surface area (Å²) in [5.74, 6) is 0.328. The van der Waals surface area contributed by atoms with Crippen LogP contribution >= 0.6 is 7.82 Å². The Bertz CT molecular complexity index is 385. The highest BCUT2D eigenvalue weighted by atomic mass is 31.2. The van der Waals surface area contributed by atoms with E-state index in [2.05, 4.69) is 11.4 Å². The highest BCUT2D eigenvalue weighted by Crippen LogP contribution is 2.38. The second-order valence-electron chi connectivity index (χ2n) is 6.25. The van der Waals surface area contributed by atoms with Crippen molar-refractivity contribution in [1.29, 1.82) is 0 Å². The highest BCUT2D eigenvalue weighted by molar-refractivity contribution is 7.46. The van der Waals surface area contributed by atoms with Gasteiger partial charge < -0.3 is 24.0 Å². The molecule has 2 fully saturated rings. The van der Waals surface area contributed by atoms with Crippen molar-refractivity contribution < 1.29 is 33.1 Å². The first kappa shape index (κ1) is 18.3. The van der Waals surface area contributed by atoms with Gasteiger partial charge in [-0.05, 0) is 45.4 Å². The molecule has 2 heterocycles. The van der Waals surface area contributed by atoms with Crippen LogP contribution in [0.1, 0.15) is 39.5 Å². The van der Waals surface area contributed by atoms with Crippen LogP contribution in [0.5, 0.6) is 0 Å². The molecule has 0 amide bonds. The van der Waals surface area contributed by atoms with Gasteiger partial charge in [0.05, 0.1) is 37.6 Å². The zero-order valence-electron chi connectivity index (χ0n) is 13.2. The van der Waals surface area contributed by atoms with Gasteiger partial charge in [-0.1, -0.05) is 0 Å². The molecule has 130 valence electrons. The Morgan fingerprint density at radius 2 is 1.91 bits per heavy atom. The minimum atomic E-state index is -4.42. The van der Waals surface area contributed by atoms with Crippen molar-refractivity contribution in [2.75, 3.05) is 19.8 Å². The largest absolute Gasteiger partial charge is 0.469 e. The summed E-state index contributed by atoms with van der Waals surface area (Å²) in [6.45, 7) is 5.27. The van der Waals surface area contributed by atoms with E-state index >= 15 is 0 Å². The molecule has 22 heavy (non-hydrogen) atoms. The maximum Gasteiger partial charge on any atom is 0.469 e. The lowest BCUT2D eigenvalue weighted by Gasteiger charge is -2.15. The van der Waals surface area contributed by atoms with E-state index in [9.17, 15) is 4.57 Å². The smallest absolute Gasteiger partial charge is 0.379 e. The van der Waals surface area contributed by atoms with Crippen LogP contribution in [-0.4, -0.2) is 54.0 Å². The van der Waals surface area contributed by atoms with Crippen molar-refractivity contribution in [3.8, 4) is 0 Å². The SMILES string of the molecule is CC1CCC(COCC[C@@H]2CC(COP(=O)(O)O)OC2C)O1. The molecule has 8 heteroatoms. The van der Waals surface area contributed by atoms with Crippen LogP contribution in [0.15, 0.2) is 0 Å². The Balaban J connectivity index is 1.59. The molecule has 2 rings (SSSR count). The van der Waals surface area contributed by atoms with E-state index < -0.39 is 7.82 Å². The highest BCUT2D eigenvalue weighted by Gasteiger charge is 2.33. The predicted molar refractivity (Wildman–Crippen MR) is 79.4 cm³/mol. The van der Waals surface area contributed by atoms with Crippen molar-refractivity contribution in [3.05, 3.63) is 0 Å². The number of hydrogen-bond donors (Lipinski definition) is 2. The Kier molecular flexibility index (Phi) is 6.83. The monoisotopic (exact) mass is 338 g/mol. The van der Waals surface area contributed by atoms with Crippen molar-refractivity contribution in [2.24, 2.45) is 5.92 Å². The van der Waals surface area contributed by atoms with Gasteiger partial charge in [0.25, 0.3) is 0 Å². The molecule has 2 aliphatic rings. The summed E-state index contributed by atoms with van der Waals surface area (Å²) in [5.41, 5.74) is 0. The Morgan fingerprint density at radius 1 is 1.14 bits per heavy atom. The van der Waals surface area contributed by atoms with Gasteiger partial charge >= 0.3 is 7.82 Å². The zero-order valence-corrected chi connectivity index (χ0v) is 14.1. The third kappa shape index (κ3) is 6.24. The van der Waals surface area contributed by atoms with Crippen molar-refractivity contribution in [3.63, 3.8) is 0 Å². The van der Waals surface area contributed by atoms with Crippen molar-refractivity contribution in [1.82, 2.24) is 0 Å². The maximum absolute atomic E-state index is 10.7. The average Bonchev–Trinajstić information content (AvgIpc) is 2.98. The lowest BCUT2D eigenvalue weighted by molar-refractivity contribution is -0.0154. The summed E-state index contributed by atoms with van der Waals surface area (Å²) in [5, 5.41) is 0. The van der Waals surface area contributed by atoms with Crippen LogP contribution in [0.4, 0.5) is 0 Å². The van der Waals surface area contributed by atoms with Crippen LogP contribution < -0.4 is 0 Å². The fourth-order valence-electron chi connectivity index (χ4n) is 3.10. The van der Waals surface area contributed by atoms with Gasteiger partial charge in [0.2, 0.25) is 0 Å². The first-order valence-corrected chi connectivity index (χ1v) is 9.45. The lowest BCUT2D eigenvalue weighted by Crippen LogP contribution is -2.18. The second-order valence-corrected chi connectivity index (χ2v) is 7.49. The third-order valence-electron chi connectivity index (χ3n) is 4.32. The van der Waals surface area contributed by atoms with E-state index in [0.717, 1.165) is 25.7 Å². The molecule has 0 aromatic rings. The van der Waals surface area contributed by atoms with Crippen LogP contribution in [0.25, 0.3) is 0 Å². The fraction of sp³-hybridized carbons (Fsp3) is 1.00. The molecule has 0 radical (unpaired) electrons. The first-order chi connectivity index (χ1) is 10.3. The van der Waals surface area contributed by atoms with E-state index in [1.807, 2.05) is 6.92 Å². The Morgan fingerprint density at radius 3 is 2.55 bits per heavy atom. The van der Waals surface area contributed by atoms with Crippen LogP contribution in [0.2, 0.25) is 0 Å². The topological polar surface area (TPSA) is 94.5 Å². The summed E-state index contributed by atoms with van der Waals surface area (Å²) in [7, 11) is -4.42. The quantitative estimate of drug-likeness (QED) is 0.515. The minimum Gasteiger partial charge on any atom is -0.379 e.